The normalized spacial score (nSPS) is 19.7. The molecule has 14 heavy (non-hydrogen) atoms. The molecular weight excluding hydrogens is 178 g/mol. The van der Waals surface area contributed by atoms with E-state index in [2.05, 4.69) is 11.4 Å². The molecule has 1 N–H and O–H groups in total. The summed E-state index contributed by atoms with van der Waals surface area (Å²) in [4.78, 5) is 0. The maximum absolute atomic E-state index is 5.76. The number of hydrogen-bond acceptors (Lipinski definition) is 3. The van der Waals surface area contributed by atoms with Gasteiger partial charge in [0.15, 0.2) is 0 Å². The van der Waals surface area contributed by atoms with Gasteiger partial charge in [-0.15, -0.1) is 0 Å². The van der Waals surface area contributed by atoms with Crippen molar-refractivity contribution in [2.24, 2.45) is 0 Å². The van der Waals surface area contributed by atoms with Gasteiger partial charge in [-0.3, -0.25) is 0 Å². The lowest BCUT2D eigenvalue weighted by Gasteiger charge is -2.27. The van der Waals surface area contributed by atoms with E-state index in [0.29, 0.717) is 6.10 Å². The van der Waals surface area contributed by atoms with Crippen LogP contribution in [0.15, 0.2) is 18.2 Å². The first kappa shape index (κ1) is 8.12. The lowest BCUT2D eigenvalue weighted by atomic mass is 10.1. The summed E-state index contributed by atoms with van der Waals surface area (Å²) in [6.45, 7) is 2.74. The highest BCUT2D eigenvalue weighted by atomic mass is 16.5. The van der Waals surface area contributed by atoms with E-state index >= 15 is 0 Å². The van der Waals surface area contributed by atoms with Crippen molar-refractivity contribution in [1.29, 1.82) is 0 Å². The third kappa shape index (κ3) is 1.34. The molecule has 1 fully saturated rings. The summed E-state index contributed by atoms with van der Waals surface area (Å²) < 4.78 is 11.2. The van der Waals surface area contributed by atoms with E-state index in [1.165, 1.54) is 5.56 Å². The highest BCUT2D eigenvalue weighted by Crippen LogP contribution is 2.29. The zero-order valence-electron chi connectivity index (χ0n) is 7.95. The summed E-state index contributed by atoms with van der Waals surface area (Å²) in [7, 11) is 0. The van der Waals surface area contributed by atoms with E-state index in [-0.39, 0.29) is 0 Å². The predicted octanol–water partition coefficient (Wildman–Crippen LogP) is 0.972. The second-order valence-corrected chi connectivity index (χ2v) is 3.77. The fourth-order valence-corrected chi connectivity index (χ4v) is 1.77. The first-order chi connectivity index (χ1) is 6.92. The SMILES string of the molecule is c1cc2c(cc1OC1CNC1)CCO2. The van der Waals surface area contributed by atoms with Crippen molar-refractivity contribution < 1.29 is 9.47 Å². The van der Waals surface area contributed by atoms with Crippen LogP contribution in [0.1, 0.15) is 5.56 Å². The van der Waals surface area contributed by atoms with Crippen LogP contribution < -0.4 is 14.8 Å². The van der Waals surface area contributed by atoms with E-state index in [1.807, 2.05) is 12.1 Å². The van der Waals surface area contributed by atoms with Crippen LogP contribution in [0.3, 0.4) is 0 Å². The standard InChI is InChI=1S/C11H13NO2/c1-2-11-8(3-4-13-11)5-9(1)14-10-6-12-7-10/h1-2,5,10,12H,3-4,6-7H2. The molecule has 3 rings (SSSR count). The van der Waals surface area contributed by atoms with E-state index < -0.39 is 0 Å². The number of fused-ring (bicyclic) bond motifs is 1. The fourth-order valence-electron chi connectivity index (χ4n) is 1.77. The van der Waals surface area contributed by atoms with Gasteiger partial charge in [0.25, 0.3) is 0 Å². The number of rotatable bonds is 2. The molecule has 0 saturated carbocycles. The first-order valence-electron chi connectivity index (χ1n) is 5.05. The van der Waals surface area contributed by atoms with Gasteiger partial charge in [-0.2, -0.15) is 0 Å². The minimum atomic E-state index is 0.357. The van der Waals surface area contributed by atoms with Gasteiger partial charge in [-0.05, 0) is 18.2 Å². The molecule has 3 nitrogen and oxygen atoms in total. The second kappa shape index (κ2) is 3.17. The molecular formula is C11H13NO2. The lowest BCUT2D eigenvalue weighted by molar-refractivity contribution is 0.142. The summed E-state index contributed by atoms with van der Waals surface area (Å²) in [5, 5.41) is 3.18. The minimum Gasteiger partial charge on any atom is -0.493 e. The molecule has 1 saturated heterocycles. The number of ether oxygens (including phenoxy) is 2. The Labute approximate surface area is 83.0 Å². The average Bonchev–Trinajstić information content (AvgIpc) is 2.58. The van der Waals surface area contributed by atoms with E-state index in [0.717, 1.165) is 37.6 Å². The topological polar surface area (TPSA) is 30.5 Å². The molecule has 0 amide bonds. The fraction of sp³-hybridized carbons (Fsp3) is 0.455. The Bertz CT molecular complexity index is 347. The van der Waals surface area contributed by atoms with Crippen LogP contribution in [0.5, 0.6) is 11.5 Å². The largest absolute Gasteiger partial charge is 0.493 e. The van der Waals surface area contributed by atoms with Gasteiger partial charge >= 0.3 is 0 Å². The van der Waals surface area contributed by atoms with Crippen molar-refractivity contribution >= 4 is 0 Å². The van der Waals surface area contributed by atoms with Crippen LogP contribution >= 0.6 is 0 Å². The Hall–Kier alpha value is -1.22. The van der Waals surface area contributed by atoms with Gasteiger partial charge in [-0.25, -0.2) is 0 Å². The van der Waals surface area contributed by atoms with Gasteiger partial charge in [0, 0.05) is 25.1 Å². The molecule has 1 aromatic rings. The summed E-state index contributed by atoms with van der Waals surface area (Å²) in [5.74, 6) is 1.99. The van der Waals surface area contributed by atoms with Gasteiger partial charge in [0.2, 0.25) is 0 Å². The molecule has 0 unspecified atom stereocenters. The van der Waals surface area contributed by atoms with Crippen LogP contribution in [-0.2, 0) is 6.42 Å². The maximum Gasteiger partial charge on any atom is 0.123 e. The molecule has 2 aliphatic rings. The monoisotopic (exact) mass is 191 g/mol. The highest BCUT2D eigenvalue weighted by molar-refractivity contribution is 5.42. The second-order valence-electron chi connectivity index (χ2n) is 3.77. The Morgan fingerprint density at radius 3 is 3.07 bits per heavy atom. The Morgan fingerprint density at radius 1 is 1.36 bits per heavy atom. The van der Waals surface area contributed by atoms with Gasteiger partial charge < -0.3 is 14.8 Å². The molecule has 2 heterocycles. The van der Waals surface area contributed by atoms with Crippen molar-refractivity contribution in [3.63, 3.8) is 0 Å². The molecule has 0 spiro atoms. The zero-order valence-corrected chi connectivity index (χ0v) is 7.95. The highest BCUT2D eigenvalue weighted by Gasteiger charge is 2.19. The Kier molecular flexibility index (Phi) is 1.84. The van der Waals surface area contributed by atoms with Crippen LogP contribution in [0.25, 0.3) is 0 Å². The molecule has 74 valence electrons. The van der Waals surface area contributed by atoms with Crippen molar-refractivity contribution in [3.8, 4) is 11.5 Å². The van der Waals surface area contributed by atoms with Crippen molar-refractivity contribution in [1.82, 2.24) is 5.32 Å². The molecule has 0 aromatic heterocycles. The Balaban J connectivity index is 1.78. The van der Waals surface area contributed by atoms with E-state index in [1.54, 1.807) is 0 Å². The zero-order chi connectivity index (χ0) is 9.38. The quantitative estimate of drug-likeness (QED) is 0.755. The van der Waals surface area contributed by atoms with Crippen LogP contribution in [0, 0.1) is 0 Å². The lowest BCUT2D eigenvalue weighted by Crippen LogP contribution is -2.50. The van der Waals surface area contributed by atoms with Crippen molar-refractivity contribution in [3.05, 3.63) is 23.8 Å². The summed E-state index contributed by atoms with van der Waals surface area (Å²) in [6.07, 6.45) is 1.37. The van der Waals surface area contributed by atoms with E-state index in [4.69, 9.17) is 9.47 Å². The van der Waals surface area contributed by atoms with Crippen LogP contribution in [0.2, 0.25) is 0 Å². The van der Waals surface area contributed by atoms with Crippen LogP contribution in [-0.4, -0.2) is 25.8 Å². The smallest absolute Gasteiger partial charge is 0.123 e. The van der Waals surface area contributed by atoms with Gasteiger partial charge in [-0.1, -0.05) is 0 Å². The molecule has 1 aromatic carbocycles. The van der Waals surface area contributed by atoms with Gasteiger partial charge in [0.05, 0.1) is 6.61 Å². The molecule has 0 radical (unpaired) electrons. The van der Waals surface area contributed by atoms with Crippen molar-refractivity contribution in [2.75, 3.05) is 19.7 Å². The molecule has 0 aliphatic carbocycles. The molecule has 0 bridgehead atoms. The number of nitrogens with one attached hydrogen (secondary N) is 1. The van der Waals surface area contributed by atoms with Gasteiger partial charge in [0.1, 0.15) is 17.6 Å². The minimum absolute atomic E-state index is 0.357. The summed E-state index contributed by atoms with van der Waals surface area (Å²) in [6, 6.07) is 6.09. The molecule has 0 atom stereocenters. The maximum atomic E-state index is 5.76. The molecule has 3 heteroatoms. The third-order valence-electron chi connectivity index (χ3n) is 2.71. The third-order valence-corrected chi connectivity index (χ3v) is 2.71. The van der Waals surface area contributed by atoms with Crippen LogP contribution in [0.4, 0.5) is 0 Å². The first-order valence-corrected chi connectivity index (χ1v) is 5.05. The summed E-state index contributed by atoms with van der Waals surface area (Å²) in [5.41, 5.74) is 1.27. The van der Waals surface area contributed by atoms with E-state index in [9.17, 15) is 0 Å². The molecule has 2 aliphatic heterocycles. The summed E-state index contributed by atoms with van der Waals surface area (Å²) >= 11 is 0. The average molecular weight is 191 g/mol. The number of benzene rings is 1. The van der Waals surface area contributed by atoms with Crippen molar-refractivity contribution in [2.45, 2.75) is 12.5 Å². The predicted molar refractivity (Wildman–Crippen MR) is 52.9 cm³/mol. The Morgan fingerprint density at radius 2 is 2.29 bits per heavy atom. The number of hydrogen-bond donors (Lipinski definition) is 1.